The smallest absolute Gasteiger partial charge is 0.257 e. The number of carbonyl (C=O) groups excluding carboxylic acids is 1. The number of aromatic nitrogens is 2. The van der Waals surface area contributed by atoms with Gasteiger partial charge in [0, 0.05) is 48.5 Å². The van der Waals surface area contributed by atoms with Crippen LogP contribution < -0.4 is 19.6 Å². The van der Waals surface area contributed by atoms with E-state index in [0.29, 0.717) is 17.7 Å². The topological polar surface area (TPSA) is 67.6 Å². The van der Waals surface area contributed by atoms with Gasteiger partial charge in [-0.25, -0.2) is 26.9 Å². The van der Waals surface area contributed by atoms with Crippen molar-refractivity contribution in [1.29, 1.82) is 0 Å². The van der Waals surface area contributed by atoms with Crippen molar-refractivity contribution in [1.82, 2.24) is 9.88 Å². The van der Waals surface area contributed by atoms with E-state index in [1.54, 1.807) is 36.4 Å². The largest absolute Gasteiger partial charge is 0.450 e. The van der Waals surface area contributed by atoms with Crippen molar-refractivity contribution in [2.75, 3.05) is 25.5 Å². The molecular weight excluding hydrogens is 499 g/mol. The fourth-order valence-corrected chi connectivity index (χ4v) is 4.06. The first-order chi connectivity index (χ1) is 17.6. The summed E-state index contributed by atoms with van der Waals surface area (Å²) in [6.45, 7) is 1.60. The minimum Gasteiger partial charge on any atom is -0.450 e. The highest BCUT2D eigenvalue weighted by molar-refractivity contribution is 5.93. The monoisotopic (exact) mass is 523 g/mol. The predicted molar refractivity (Wildman–Crippen MR) is 122 cm³/mol. The van der Waals surface area contributed by atoms with E-state index in [2.05, 4.69) is 10.3 Å². The van der Waals surface area contributed by atoms with Gasteiger partial charge < -0.3 is 10.1 Å². The second-order valence-corrected chi connectivity index (χ2v) is 8.58. The normalized spacial score (nSPS) is 18.2. The Hall–Kier alpha value is -3.80. The number of carbonyl (C=O) groups is 1. The fraction of sp³-hybridized carbons (Fsp3) is 0.320. The van der Waals surface area contributed by atoms with Crippen molar-refractivity contribution in [2.24, 2.45) is 0 Å². The number of anilines is 1. The van der Waals surface area contributed by atoms with Gasteiger partial charge in [0.15, 0.2) is 17.4 Å². The number of hydrogen-bond acceptors (Lipinski definition) is 5. The summed E-state index contributed by atoms with van der Waals surface area (Å²) in [4.78, 5) is 23.5. The van der Waals surface area contributed by atoms with Crippen molar-refractivity contribution < 1.29 is 41.1 Å². The number of halogens is 5. The number of hydrogen-bond donors (Lipinski definition) is 1. The van der Waals surface area contributed by atoms with Crippen molar-refractivity contribution in [3.8, 4) is 11.5 Å². The van der Waals surface area contributed by atoms with Crippen LogP contribution in [0.2, 0.25) is 0 Å². The summed E-state index contributed by atoms with van der Waals surface area (Å²) in [5.74, 6) is -8.75. The van der Waals surface area contributed by atoms with Gasteiger partial charge in [0.1, 0.15) is 24.5 Å². The molecule has 1 N–H and O–H groups in total. The second kappa shape index (κ2) is 10.7. The van der Waals surface area contributed by atoms with E-state index in [1.807, 2.05) is 0 Å². The molecule has 1 aliphatic heterocycles. The number of rotatable bonds is 7. The van der Waals surface area contributed by atoms with Crippen LogP contribution in [0, 0.1) is 17.5 Å². The highest BCUT2D eigenvalue weighted by atomic mass is 19.3. The van der Waals surface area contributed by atoms with Gasteiger partial charge in [-0.05, 0) is 24.6 Å². The van der Waals surface area contributed by atoms with E-state index in [0.717, 1.165) is 6.20 Å². The molecule has 0 aliphatic carbocycles. The van der Waals surface area contributed by atoms with Crippen LogP contribution in [-0.4, -0.2) is 48.0 Å². The van der Waals surface area contributed by atoms with Gasteiger partial charge in [-0.3, -0.25) is 14.5 Å². The van der Waals surface area contributed by atoms with Crippen LogP contribution in [-0.2, 0) is 4.79 Å². The molecular formula is C25H24F5N4O3+. The maximum Gasteiger partial charge on any atom is 0.257 e. The van der Waals surface area contributed by atoms with E-state index >= 15 is 0 Å². The van der Waals surface area contributed by atoms with Gasteiger partial charge in [-0.2, -0.15) is 0 Å². The lowest BCUT2D eigenvalue weighted by Crippen LogP contribution is -2.52. The third-order valence-electron chi connectivity index (χ3n) is 6.20. The summed E-state index contributed by atoms with van der Waals surface area (Å²) in [5, 5.41) is 2.60. The summed E-state index contributed by atoms with van der Waals surface area (Å²) in [6, 6.07) is 6.01. The van der Waals surface area contributed by atoms with Crippen molar-refractivity contribution in [3.63, 3.8) is 0 Å². The molecule has 0 saturated carbocycles. The molecule has 3 aromatic rings. The van der Waals surface area contributed by atoms with Crippen LogP contribution in [0.5, 0.6) is 11.5 Å². The molecule has 2 aromatic heterocycles. The molecule has 2 atom stereocenters. The number of ether oxygens (including phenoxy) is 1. The van der Waals surface area contributed by atoms with E-state index in [4.69, 9.17) is 9.57 Å². The summed E-state index contributed by atoms with van der Waals surface area (Å²) in [6.07, 6.45) is 3.80. The number of likely N-dealkylation sites (tertiary alicyclic amines) is 1. The highest BCUT2D eigenvalue weighted by Gasteiger charge is 2.46. The first kappa shape index (κ1) is 26.3. The predicted octanol–water partition coefficient (Wildman–Crippen LogP) is 4.09. The van der Waals surface area contributed by atoms with Crippen LogP contribution in [0.1, 0.15) is 24.8 Å². The quantitative estimate of drug-likeness (QED) is 0.374. The first-order valence-corrected chi connectivity index (χ1v) is 11.3. The Morgan fingerprint density at radius 3 is 2.43 bits per heavy atom. The summed E-state index contributed by atoms with van der Waals surface area (Å²) < 4.78 is 76.6. The Morgan fingerprint density at radius 2 is 1.84 bits per heavy atom. The molecule has 1 amide bonds. The van der Waals surface area contributed by atoms with Gasteiger partial charge in [-0.1, -0.05) is 0 Å². The van der Waals surface area contributed by atoms with Crippen molar-refractivity contribution >= 4 is 11.7 Å². The Bertz CT molecular complexity index is 1240. The maximum absolute atomic E-state index is 14.7. The molecule has 37 heavy (non-hydrogen) atoms. The molecule has 0 radical (unpaired) electrons. The van der Waals surface area contributed by atoms with E-state index in [9.17, 15) is 26.7 Å². The minimum atomic E-state index is -2.94. The third-order valence-corrected chi connectivity index (χ3v) is 6.20. The molecule has 12 heteroatoms. The van der Waals surface area contributed by atoms with Crippen LogP contribution >= 0.6 is 0 Å². The molecule has 0 unspecified atom stereocenters. The molecule has 1 aliphatic rings. The van der Waals surface area contributed by atoms with Crippen LogP contribution in [0.15, 0.2) is 55.0 Å². The van der Waals surface area contributed by atoms with Crippen molar-refractivity contribution in [3.05, 3.63) is 78.0 Å². The van der Waals surface area contributed by atoms with Gasteiger partial charge >= 0.3 is 0 Å². The van der Waals surface area contributed by atoms with Gasteiger partial charge in [0.25, 0.3) is 5.92 Å². The zero-order valence-corrected chi connectivity index (χ0v) is 19.9. The zero-order valence-electron chi connectivity index (χ0n) is 19.9. The number of amides is 1. The third kappa shape index (κ3) is 5.96. The lowest BCUT2D eigenvalue weighted by atomic mass is 9.87. The minimum absolute atomic E-state index is 0.0258. The number of nitrogens with one attached hydrogen (secondary N) is 1. The van der Waals surface area contributed by atoms with E-state index < -0.39 is 53.4 Å². The van der Waals surface area contributed by atoms with Crippen molar-refractivity contribution in [2.45, 2.75) is 31.2 Å². The number of nitrogens with zero attached hydrogens (tertiary/aromatic N) is 3. The Balaban J connectivity index is 1.40. The molecule has 3 heterocycles. The molecule has 1 saturated heterocycles. The Kier molecular flexibility index (Phi) is 7.58. The number of piperidine rings is 1. The SMILES string of the molecule is CO[n+]1ccc([C@H]2CN([C@@H](C)C(=O)Nc3ccc(Oc4c(F)cc(F)cc4F)cn3)CCC2(F)F)cc1. The molecule has 1 aromatic carbocycles. The van der Waals surface area contributed by atoms with Crippen LogP contribution in [0.25, 0.3) is 0 Å². The van der Waals surface area contributed by atoms with Gasteiger partial charge in [-0.15, -0.1) is 0 Å². The zero-order chi connectivity index (χ0) is 26.7. The van der Waals surface area contributed by atoms with E-state index in [-0.39, 0.29) is 24.7 Å². The number of pyridine rings is 2. The molecule has 0 bridgehead atoms. The molecule has 4 rings (SSSR count). The lowest BCUT2D eigenvalue weighted by Gasteiger charge is -2.40. The lowest BCUT2D eigenvalue weighted by molar-refractivity contribution is -0.885. The highest BCUT2D eigenvalue weighted by Crippen LogP contribution is 2.40. The second-order valence-electron chi connectivity index (χ2n) is 8.58. The average Bonchev–Trinajstić information content (AvgIpc) is 2.86. The van der Waals surface area contributed by atoms with Crippen LogP contribution in [0.4, 0.5) is 27.8 Å². The number of alkyl halides is 2. The van der Waals surface area contributed by atoms with Gasteiger partial charge in [0.2, 0.25) is 18.3 Å². The Labute approximate surface area is 209 Å². The molecule has 7 nitrogen and oxygen atoms in total. The summed E-state index contributed by atoms with van der Waals surface area (Å²) in [5.41, 5.74) is 0.432. The molecule has 196 valence electrons. The summed E-state index contributed by atoms with van der Waals surface area (Å²) in [7, 11) is 1.46. The molecule has 0 spiro atoms. The fourth-order valence-electron chi connectivity index (χ4n) is 4.06. The Morgan fingerprint density at radius 1 is 1.16 bits per heavy atom. The average molecular weight is 523 g/mol. The van der Waals surface area contributed by atoms with E-state index in [1.165, 1.54) is 24.0 Å². The summed E-state index contributed by atoms with van der Waals surface area (Å²) >= 11 is 0. The maximum atomic E-state index is 14.7. The standard InChI is InChI=1S/C25H23F5N4O3/c1-15(33-10-7-25(29,30)19(14-33)16-5-8-34(36-2)9-6-16)24(35)32-22-4-3-18(13-31-22)37-23-20(27)11-17(26)12-21(23)28/h3-6,8-9,11-13,15,19H,7,10,14H2,1-2H3/p+1/t15-,19+/m0/s1. The molecule has 1 fully saturated rings. The number of benzene rings is 1. The first-order valence-electron chi connectivity index (χ1n) is 11.3. The van der Waals surface area contributed by atoms with Gasteiger partial charge in [0.05, 0.1) is 18.2 Å². The van der Waals surface area contributed by atoms with Crippen LogP contribution in [0.3, 0.4) is 0 Å².